The predicted molar refractivity (Wildman–Crippen MR) is 94.0 cm³/mol. The third-order valence-electron chi connectivity index (χ3n) is 5.96. The van der Waals surface area contributed by atoms with E-state index in [0.717, 1.165) is 25.7 Å². The Balaban J connectivity index is 1.76. The highest BCUT2D eigenvalue weighted by Gasteiger charge is 2.40. The molecule has 0 radical (unpaired) electrons. The van der Waals surface area contributed by atoms with Gasteiger partial charge in [0.15, 0.2) is 0 Å². The van der Waals surface area contributed by atoms with Crippen LogP contribution < -0.4 is 0 Å². The Morgan fingerprint density at radius 3 is 2.38 bits per heavy atom. The summed E-state index contributed by atoms with van der Waals surface area (Å²) in [7, 11) is 0. The van der Waals surface area contributed by atoms with Crippen molar-refractivity contribution >= 4 is 5.97 Å². The fourth-order valence-electron chi connectivity index (χ4n) is 4.80. The van der Waals surface area contributed by atoms with Crippen molar-refractivity contribution in [2.75, 3.05) is 13.2 Å². The lowest BCUT2D eigenvalue weighted by molar-refractivity contribution is -0.140. The van der Waals surface area contributed by atoms with Gasteiger partial charge in [-0.25, -0.2) is 0 Å². The Morgan fingerprint density at radius 2 is 1.75 bits per heavy atom. The molecule has 2 N–H and O–H groups in total. The first-order chi connectivity index (χ1) is 11.7. The van der Waals surface area contributed by atoms with E-state index < -0.39 is 5.97 Å². The number of rotatable bonds is 6. The second-order valence-electron chi connectivity index (χ2n) is 7.44. The fourth-order valence-corrected chi connectivity index (χ4v) is 4.80. The molecule has 1 aromatic carbocycles. The zero-order valence-electron chi connectivity index (χ0n) is 14.3. The Hall–Kier alpha value is -1.39. The molecule has 24 heavy (non-hydrogen) atoms. The smallest absolute Gasteiger partial charge is 0.317 e. The van der Waals surface area contributed by atoms with Crippen LogP contribution in [0.2, 0.25) is 0 Å². The first-order valence-corrected chi connectivity index (χ1v) is 9.32. The van der Waals surface area contributed by atoms with Crippen LogP contribution in [0.1, 0.15) is 56.4 Å². The van der Waals surface area contributed by atoms with Crippen molar-refractivity contribution in [3.05, 3.63) is 35.9 Å². The van der Waals surface area contributed by atoms with E-state index in [1.165, 1.54) is 24.8 Å². The van der Waals surface area contributed by atoms with Crippen LogP contribution in [0.3, 0.4) is 0 Å². The van der Waals surface area contributed by atoms with Gasteiger partial charge in [0.25, 0.3) is 0 Å². The molecule has 132 valence electrons. The van der Waals surface area contributed by atoms with Crippen LogP contribution in [0.4, 0.5) is 0 Å². The summed E-state index contributed by atoms with van der Waals surface area (Å²) < 4.78 is 0. The number of carboxylic acid groups (broad SMARTS) is 1. The molecular formula is C20H29NO3. The number of carboxylic acids is 1. The van der Waals surface area contributed by atoms with Crippen molar-refractivity contribution in [1.29, 1.82) is 0 Å². The van der Waals surface area contributed by atoms with Crippen molar-refractivity contribution in [2.45, 2.75) is 62.9 Å². The lowest BCUT2D eigenvalue weighted by Gasteiger charge is -2.37. The minimum atomic E-state index is -0.732. The summed E-state index contributed by atoms with van der Waals surface area (Å²) in [5.74, 6) is -0.164. The molecule has 4 heteroatoms. The van der Waals surface area contributed by atoms with E-state index in [0.29, 0.717) is 12.0 Å². The van der Waals surface area contributed by atoms with Crippen LogP contribution in [-0.2, 0) is 4.79 Å². The van der Waals surface area contributed by atoms with Crippen LogP contribution in [0, 0.1) is 5.92 Å². The average Bonchev–Trinajstić information content (AvgIpc) is 3.05. The summed E-state index contributed by atoms with van der Waals surface area (Å²) in [5, 5.41) is 19.2. The third kappa shape index (κ3) is 3.98. The highest BCUT2D eigenvalue weighted by atomic mass is 16.4. The molecule has 2 fully saturated rings. The molecule has 0 amide bonds. The maximum absolute atomic E-state index is 11.4. The van der Waals surface area contributed by atoms with Gasteiger partial charge in [0.05, 0.1) is 6.54 Å². The molecular weight excluding hydrogens is 302 g/mol. The first-order valence-electron chi connectivity index (χ1n) is 9.32. The lowest BCUT2D eigenvalue weighted by Crippen LogP contribution is -2.46. The van der Waals surface area contributed by atoms with Gasteiger partial charge in [-0.3, -0.25) is 9.69 Å². The number of benzene rings is 1. The number of aliphatic hydroxyl groups excluding tert-OH is 1. The first kappa shape index (κ1) is 17.4. The van der Waals surface area contributed by atoms with E-state index in [1.807, 2.05) is 18.2 Å². The van der Waals surface area contributed by atoms with Gasteiger partial charge in [-0.2, -0.15) is 0 Å². The SMILES string of the molecule is O=C(O)CN(C1CCCCC1)C1CC(CO)C(c2ccccc2)C1. The maximum atomic E-state index is 11.4. The van der Waals surface area contributed by atoms with Gasteiger partial charge in [-0.05, 0) is 43.1 Å². The van der Waals surface area contributed by atoms with Crippen molar-refractivity contribution in [1.82, 2.24) is 4.90 Å². The largest absolute Gasteiger partial charge is 0.480 e. The Labute approximate surface area is 144 Å². The van der Waals surface area contributed by atoms with Gasteiger partial charge in [-0.1, -0.05) is 49.6 Å². The molecule has 0 heterocycles. The van der Waals surface area contributed by atoms with Gasteiger partial charge >= 0.3 is 5.97 Å². The minimum Gasteiger partial charge on any atom is -0.480 e. The molecule has 3 rings (SSSR count). The number of aliphatic hydroxyl groups is 1. The van der Waals surface area contributed by atoms with Crippen molar-refractivity contribution in [3.63, 3.8) is 0 Å². The third-order valence-corrected chi connectivity index (χ3v) is 5.96. The van der Waals surface area contributed by atoms with Crippen LogP contribution >= 0.6 is 0 Å². The number of hydrogen-bond donors (Lipinski definition) is 2. The van der Waals surface area contributed by atoms with Crippen LogP contribution in [0.5, 0.6) is 0 Å². The lowest BCUT2D eigenvalue weighted by atomic mass is 9.89. The number of nitrogens with zero attached hydrogens (tertiary/aromatic N) is 1. The summed E-state index contributed by atoms with van der Waals surface area (Å²) in [6.45, 7) is 0.316. The molecule has 0 aliphatic heterocycles. The normalized spacial score (nSPS) is 28.3. The number of hydrogen-bond acceptors (Lipinski definition) is 3. The quantitative estimate of drug-likeness (QED) is 0.840. The topological polar surface area (TPSA) is 60.8 Å². The standard InChI is InChI=1S/C20H29NO3/c22-14-16-11-18(12-19(16)15-7-3-1-4-8-15)21(13-20(23)24)17-9-5-2-6-10-17/h1,3-4,7-8,16-19,22H,2,5-6,9-14H2,(H,23,24). The molecule has 0 spiro atoms. The fraction of sp³-hybridized carbons (Fsp3) is 0.650. The molecule has 4 nitrogen and oxygen atoms in total. The molecule has 2 saturated carbocycles. The van der Waals surface area contributed by atoms with E-state index in [2.05, 4.69) is 17.0 Å². The summed E-state index contributed by atoms with van der Waals surface area (Å²) in [4.78, 5) is 13.7. The Morgan fingerprint density at radius 1 is 1.04 bits per heavy atom. The van der Waals surface area contributed by atoms with Gasteiger partial charge in [0.1, 0.15) is 0 Å². The van der Waals surface area contributed by atoms with Crippen LogP contribution in [-0.4, -0.2) is 46.3 Å². The zero-order chi connectivity index (χ0) is 16.9. The highest BCUT2D eigenvalue weighted by Crippen LogP contribution is 2.43. The van der Waals surface area contributed by atoms with E-state index in [-0.39, 0.29) is 25.1 Å². The number of carbonyl (C=O) groups is 1. The highest BCUT2D eigenvalue weighted by molar-refractivity contribution is 5.69. The molecule has 2 aliphatic carbocycles. The second-order valence-corrected chi connectivity index (χ2v) is 7.44. The number of aliphatic carboxylic acids is 1. The zero-order valence-corrected chi connectivity index (χ0v) is 14.3. The average molecular weight is 331 g/mol. The molecule has 2 aliphatic rings. The van der Waals surface area contributed by atoms with Crippen molar-refractivity contribution in [3.8, 4) is 0 Å². The molecule has 1 aromatic rings. The monoisotopic (exact) mass is 331 g/mol. The van der Waals surface area contributed by atoms with E-state index in [1.54, 1.807) is 0 Å². The maximum Gasteiger partial charge on any atom is 0.317 e. The summed E-state index contributed by atoms with van der Waals surface area (Å²) >= 11 is 0. The summed E-state index contributed by atoms with van der Waals surface area (Å²) in [6.07, 6.45) is 7.78. The van der Waals surface area contributed by atoms with Crippen molar-refractivity contribution < 1.29 is 15.0 Å². The predicted octanol–water partition coefficient (Wildman–Crippen LogP) is 3.26. The molecule has 0 saturated heterocycles. The molecule has 0 aromatic heterocycles. The van der Waals surface area contributed by atoms with Gasteiger partial charge < -0.3 is 10.2 Å². The van der Waals surface area contributed by atoms with E-state index >= 15 is 0 Å². The van der Waals surface area contributed by atoms with Gasteiger partial charge in [0, 0.05) is 18.7 Å². The Bertz CT molecular complexity index is 527. The van der Waals surface area contributed by atoms with Crippen LogP contribution in [0.15, 0.2) is 30.3 Å². The van der Waals surface area contributed by atoms with E-state index in [9.17, 15) is 15.0 Å². The Kier molecular flexibility index (Phi) is 5.90. The van der Waals surface area contributed by atoms with E-state index in [4.69, 9.17) is 0 Å². The van der Waals surface area contributed by atoms with Gasteiger partial charge in [-0.15, -0.1) is 0 Å². The van der Waals surface area contributed by atoms with Crippen molar-refractivity contribution in [2.24, 2.45) is 5.92 Å². The molecule has 3 unspecified atom stereocenters. The summed E-state index contributed by atoms with van der Waals surface area (Å²) in [5.41, 5.74) is 1.28. The minimum absolute atomic E-state index is 0.134. The van der Waals surface area contributed by atoms with Gasteiger partial charge in [0.2, 0.25) is 0 Å². The second kappa shape index (κ2) is 8.13. The summed E-state index contributed by atoms with van der Waals surface area (Å²) in [6, 6.07) is 11.1. The molecule has 0 bridgehead atoms. The molecule has 3 atom stereocenters. The van der Waals surface area contributed by atoms with Crippen LogP contribution in [0.25, 0.3) is 0 Å².